The number of nitrogens with two attached hydrogens (primary N) is 1. The van der Waals surface area contributed by atoms with Crippen molar-refractivity contribution in [3.05, 3.63) is 34.9 Å². The fraction of sp³-hybridized carbons (Fsp3) is 0.538. The zero-order chi connectivity index (χ0) is 11.5. The second-order valence-electron chi connectivity index (χ2n) is 4.56. The van der Waals surface area contributed by atoms with Crippen LogP contribution in [0.1, 0.15) is 35.6 Å². The van der Waals surface area contributed by atoms with Crippen LogP contribution in [0, 0.1) is 13.8 Å². The normalized spacial score (nSPS) is 22.3. The first-order valence-corrected chi connectivity index (χ1v) is 5.87. The molecule has 16 heavy (non-hydrogen) atoms. The fourth-order valence-electron chi connectivity index (χ4n) is 2.36. The van der Waals surface area contributed by atoms with Gasteiger partial charge in [0.05, 0.1) is 12.1 Å². The minimum atomic E-state index is 0.113. The minimum Gasteiger partial charge on any atom is -0.376 e. The zero-order valence-electron chi connectivity index (χ0n) is 9.99. The Labute approximate surface area is 97.0 Å². The summed E-state index contributed by atoms with van der Waals surface area (Å²) in [6.07, 6.45) is 2.43. The summed E-state index contributed by atoms with van der Waals surface area (Å²) in [5, 5.41) is 0. The molecule has 88 valence electrons. The quantitative estimate of drug-likeness (QED) is 0.605. The molecule has 3 N–H and O–H groups in total. The summed E-state index contributed by atoms with van der Waals surface area (Å²) < 4.78 is 5.71. The van der Waals surface area contributed by atoms with Crippen LogP contribution in [0.5, 0.6) is 0 Å². The average molecular weight is 220 g/mol. The maximum atomic E-state index is 5.71. The SMILES string of the molecule is Cc1ccc(C)c(C(NN)C2CCCO2)c1. The smallest absolute Gasteiger partial charge is 0.0783 e. The van der Waals surface area contributed by atoms with Gasteiger partial charge < -0.3 is 4.74 Å². The molecular formula is C13H20N2O. The number of benzene rings is 1. The number of ether oxygens (including phenoxy) is 1. The van der Waals surface area contributed by atoms with Crippen molar-refractivity contribution in [2.45, 2.75) is 38.8 Å². The second-order valence-corrected chi connectivity index (χ2v) is 4.56. The van der Waals surface area contributed by atoms with E-state index in [4.69, 9.17) is 10.6 Å². The molecule has 0 aromatic heterocycles. The van der Waals surface area contributed by atoms with Crippen molar-refractivity contribution in [3.8, 4) is 0 Å². The Balaban J connectivity index is 2.28. The molecule has 1 aliphatic rings. The van der Waals surface area contributed by atoms with Crippen LogP contribution in [0.15, 0.2) is 18.2 Å². The Morgan fingerprint density at radius 2 is 2.25 bits per heavy atom. The summed E-state index contributed by atoms with van der Waals surface area (Å²) >= 11 is 0. The number of rotatable bonds is 3. The van der Waals surface area contributed by atoms with Crippen molar-refractivity contribution >= 4 is 0 Å². The molecule has 2 rings (SSSR count). The zero-order valence-corrected chi connectivity index (χ0v) is 9.99. The van der Waals surface area contributed by atoms with Gasteiger partial charge in [-0.25, -0.2) is 0 Å². The van der Waals surface area contributed by atoms with Gasteiger partial charge in [-0.05, 0) is 37.8 Å². The van der Waals surface area contributed by atoms with E-state index in [1.54, 1.807) is 0 Å². The van der Waals surface area contributed by atoms with Crippen LogP contribution in [-0.4, -0.2) is 12.7 Å². The molecule has 0 bridgehead atoms. The molecule has 0 aliphatic carbocycles. The maximum absolute atomic E-state index is 5.71. The van der Waals surface area contributed by atoms with E-state index in [9.17, 15) is 0 Å². The van der Waals surface area contributed by atoms with Gasteiger partial charge in [-0.1, -0.05) is 23.8 Å². The summed E-state index contributed by atoms with van der Waals surface area (Å²) in [4.78, 5) is 0. The van der Waals surface area contributed by atoms with Crippen molar-refractivity contribution in [2.75, 3.05) is 6.61 Å². The fourth-order valence-corrected chi connectivity index (χ4v) is 2.36. The van der Waals surface area contributed by atoms with Gasteiger partial charge in [-0.15, -0.1) is 0 Å². The molecule has 1 heterocycles. The Bertz CT molecular complexity index is 359. The van der Waals surface area contributed by atoms with Crippen LogP contribution in [0.25, 0.3) is 0 Å². The van der Waals surface area contributed by atoms with Crippen LogP contribution >= 0.6 is 0 Å². The van der Waals surface area contributed by atoms with Crippen molar-refractivity contribution < 1.29 is 4.74 Å². The first-order chi connectivity index (χ1) is 7.72. The number of nitrogens with one attached hydrogen (secondary N) is 1. The lowest BCUT2D eigenvalue weighted by Gasteiger charge is -2.24. The molecule has 3 heteroatoms. The van der Waals surface area contributed by atoms with E-state index >= 15 is 0 Å². The summed E-state index contributed by atoms with van der Waals surface area (Å²) in [7, 11) is 0. The van der Waals surface area contributed by atoms with E-state index in [0.29, 0.717) is 0 Å². The maximum Gasteiger partial charge on any atom is 0.0783 e. The van der Waals surface area contributed by atoms with Crippen molar-refractivity contribution in [1.82, 2.24) is 5.43 Å². The van der Waals surface area contributed by atoms with E-state index in [0.717, 1.165) is 19.4 Å². The lowest BCUT2D eigenvalue weighted by molar-refractivity contribution is 0.0781. The first kappa shape index (κ1) is 11.6. The average Bonchev–Trinajstić information content (AvgIpc) is 2.78. The standard InChI is InChI=1S/C13H20N2O/c1-9-5-6-10(2)11(8-9)13(15-14)12-4-3-7-16-12/h5-6,8,12-13,15H,3-4,7,14H2,1-2H3. The molecule has 1 aromatic rings. The van der Waals surface area contributed by atoms with Crippen LogP contribution in [0.3, 0.4) is 0 Å². The monoisotopic (exact) mass is 220 g/mol. The lowest BCUT2D eigenvalue weighted by atomic mass is 9.94. The third kappa shape index (κ3) is 2.26. The molecule has 1 aliphatic heterocycles. The van der Waals surface area contributed by atoms with Crippen molar-refractivity contribution in [2.24, 2.45) is 5.84 Å². The Kier molecular flexibility index (Phi) is 3.59. The summed E-state index contributed by atoms with van der Waals surface area (Å²) in [5.41, 5.74) is 6.69. The second kappa shape index (κ2) is 4.95. The predicted molar refractivity (Wildman–Crippen MR) is 65.0 cm³/mol. The van der Waals surface area contributed by atoms with Crippen LogP contribution in [-0.2, 0) is 4.74 Å². The third-order valence-electron chi connectivity index (χ3n) is 3.29. The van der Waals surface area contributed by atoms with Crippen LogP contribution < -0.4 is 11.3 Å². The van der Waals surface area contributed by atoms with Gasteiger partial charge in [-0.2, -0.15) is 0 Å². The van der Waals surface area contributed by atoms with E-state index in [1.165, 1.54) is 16.7 Å². The highest BCUT2D eigenvalue weighted by Gasteiger charge is 2.27. The summed E-state index contributed by atoms with van der Waals surface area (Å²) in [6.45, 7) is 5.08. The van der Waals surface area contributed by atoms with Crippen molar-refractivity contribution in [1.29, 1.82) is 0 Å². The largest absolute Gasteiger partial charge is 0.376 e. The lowest BCUT2D eigenvalue weighted by Crippen LogP contribution is -2.36. The highest BCUT2D eigenvalue weighted by Crippen LogP contribution is 2.28. The number of hydrogen-bond donors (Lipinski definition) is 2. The third-order valence-corrected chi connectivity index (χ3v) is 3.29. The van der Waals surface area contributed by atoms with Gasteiger partial charge in [0, 0.05) is 6.61 Å². The molecule has 1 aromatic carbocycles. The molecule has 2 atom stereocenters. The van der Waals surface area contributed by atoms with Gasteiger partial charge in [0.1, 0.15) is 0 Å². The molecule has 3 nitrogen and oxygen atoms in total. The van der Waals surface area contributed by atoms with E-state index in [-0.39, 0.29) is 12.1 Å². The van der Waals surface area contributed by atoms with Gasteiger partial charge >= 0.3 is 0 Å². The summed E-state index contributed by atoms with van der Waals surface area (Å²) in [5.74, 6) is 5.67. The molecule has 2 unspecified atom stereocenters. The molecular weight excluding hydrogens is 200 g/mol. The molecule has 0 radical (unpaired) electrons. The molecule has 0 spiro atoms. The Morgan fingerprint density at radius 1 is 1.44 bits per heavy atom. The highest BCUT2D eigenvalue weighted by atomic mass is 16.5. The van der Waals surface area contributed by atoms with Crippen LogP contribution in [0.4, 0.5) is 0 Å². The number of hydrogen-bond acceptors (Lipinski definition) is 3. The molecule has 1 fully saturated rings. The topological polar surface area (TPSA) is 47.3 Å². The molecule has 0 saturated carbocycles. The van der Waals surface area contributed by atoms with Gasteiger partial charge in [0.2, 0.25) is 0 Å². The number of aryl methyl sites for hydroxylation is 2. The van der Waals surface area contributed by atoms with Crippen molar-refractivity contribution in [3.63, 3.8) is 0 Å². The number of hydrazine groups is 1. The summed E-state index contributed by atoms with van der Waals surface area (Å²) in [6, 6.07) is 6.58. The Morgan fingerprint density at radius 3 is 2.88 bits per heavy atom. The van der Waals surface area contributed by atoms with E-state index < -0.39 is 0 Å². The Hall–Kier alpha value is -0.900. The first-order valence-electron chi connectivity index (χ1n) is 5.87. The van der Waals surface area contributed by atoms with Gasteiger partial charge in [0.15, 0.2) is 0 Å². The van der Waals surface area contributed by atoms with Crippen LogP contribution in [0.2, 0.25) is 0 Å². The van der Waals surface area contributed by atoms with Gasteiger partial charge in [0.25, 0.3) is 0 Å². The van der Waals surface area contributed by atoms with Gasteiger partial charge in [-0.3, -0.25) is 11.3 Å². The highest BCUT2D eigenvalue weighted by molar-refractivity contribution is 5.33. The van der Waals surface area contributed by atoms with E-state index in [2.05, 4.69) is 37.5 Å². The van der Waals surface area contributed by atoms with E-state index in [1.807, 2.05) is 0 Å². The molecule has 0 amide bonds. The minimum absolute atomic E-state index is 0.113. The molecule has 1 saturated heterocycles. The predicted octanol–water partition coefficient (Wildman–Crippen LogP) is 1.99.